The number of hydrogen-bond donors (Lipinski definition) is 1. The number of pyridine rings is 1. The van der Waals surface area contributed by atoms with Crippen molar-refractivity contribution in [2.24, 2.45) is 5.73 Å². The molecule has 4 heteroatoms. The van der Waals surface area contributed by atoms with Gasteiger partial charge in [0.1, 0.15) is 0 Å². The molecule has 1 unspecified atom stereocenters. The maximum Gasteiger partial charge on any atom is 0.0621 e. The number of rotatable bonds is 4. The highest BCUT2D eigenvalue weighted by Crippen LogP contribution is 2.35. The average molecular weight is 282 g/mol. The molecule has 106 valence electrons. The van der Waals surface area contributed by atoms with Crippen molar-refractivity contribution < 1.29 is 0 Å². The molecule has 0 aliphatic heterocycles. The Morgan fingerprint density at radius 1 is 1.37 bits per heavy atom. The summed E-state index contributed by atoms with van der Waals surface area (Å²) in [5.41, 5.74) is 7.79. The van der Waals surface area contributed by atoms with Gasteiger partial charge < -0.3 is 10.6 Å². The number of aromatic nitrogens is 1. The number of halogens is 1. The zero-order valence-electron chi connectivity index (χ0n) is 11.9. The smallest absolute Gasteiger partial charge is 0.0621 e. The molecule has 1 saturated carbocycles. The third-order valence-electron chi connectivity index (χ3n) is 4.60. The molecule has 1 fully saturated rings. The van der Waals surface area contributed by atoms with E-state index in [1.165, 1.54) is 32.1 Å². The maximum atomic E-state index is 6.56. The maximum absolute atomic E-state index is 6.56. The first-order valence-electron chi connectivity index (χ1n) is 7.08. The molecule has 0 amide bonds. The highest BCUT2D eigenvalue weighted by atomic mass is 35.5. The van der Waals surface area contributed by atoms with Crippen molar-refractivity contribution in [3.63, 3.8) is 0 Å². The van der Waals surface area contributed by atoms with Gasteiger partial charge in [-0.25, -0.2) is 0 Å². The Labute approximate surface area is 121 Å². The first-order chi connectivity index (χ1) is 9.06. The van der Waals surface area contributed by atoms with Gasteiger partial charge in [0, 0.05) is 24.0 Å². The van der Waals surface area contributed by atoms with Crippen LogP contribution >= 0.6 is 11.6 Å². The van der Waals surface area contributed by atoms with Gasteiger partial charge in [0.15, 0.2) is 0 Å². The zero-order valence-corrected chi connectivity index (χ0v) is 12.7. The van der Waals surface area contributed by atoms with Gasteiger partial charge >= 0.3 is 0 Å². The summed E-state index contributed by atoms with van der Waals surface area (Å²) in [5, 5.41) is 0.725. The van der Waals surface area contributed by atoms with Gasteiger partial charge in [-0.1, -0.05) is 30.9 Å². The molecule has 0 saturated heterocycles. The van der Waals surface area contributed by atoms with Gasteiger partial charge in [-0.2, -0.15) is 0 Å². The monoisotopic (exact) mass is 281 g/mol. The molecular formula is C15H24ClN3. The van der Waals surface area contributed by atoms with Gasteiger partial charge in [0.2, 0.25) is 0 Å². The summed E-state index contributed by atoms with van der Waals surface area (Å²) in [4.78, 5) is 6.36. The summed E-state index contributed by atoms with van der Waals surface area (Å²) >= 11 is 6.20. The van der Waals surface area contributed by atoms with Crippen LogP contribution in [0.15, 0.2) is 18.5 Å². The Balaban J connectivity index is 2.16. The molecule has 19 heavy (non-hydrogen) atoms. The first-order valence-corrected chi connectivity index (χ1v) is 7.45. The summed E-state index contributed by atoms with van der Waals surface area (Å²) < 4.78 is 0. The van der Waals surface area contributed by atoms with Crippen LogP contribution in [0.2, 0.25) is 5.02 Å². The molecule has 1 aliphatic rings. The van der Waals surface area contributed by atoms with Gasteiger partial charge in [-0.15, -0.1) is 0 Å². The minimum Gasteiger partial charge on any atom is -0.326 e. The minimum absolute atomic E-state index is 0.114. The second kappa shape index (κ2) is 6.21. The molecule has 1 atom stereocenters. The van der Waals surface area contributed by atoms with Crippen molar-refractivity contribution in [3.8, 4) is 0 Å². The Kier molecular flexibility index (Phi) is 4.82. The number of hydrogen-bond acceptors (Lipinski definition) is 3. The van der Waals surface area contributed by atoms with Crippen LogP contribution in [0.25, 0.3) is 0 Å². The zero-order chi connectivity index (χ0) is 13.9. The number of nitrogens with two attached hydrogens (primary N) is 1. The van der Waals surface area contributed by atoms with Gasteiger partial charge in [-0.3, -0.25) is 4.98 Å². The summed E-state index contributed by atoms with van der Waals surface area (Å²) in [5.74, 6) is 0. The van der Waals surface area contributed by atoms with Crippen molar-refractivity contribution in [1.82, 2.24) is 9.88 Å². The fourth-order valence-corrected chi connectivity index (χ4v) is 3.51. The third-order valence-corrected chi connectivity index (χ3v) is 4.94. The van der Waals surface area contributed by atoms with E-state index in [0.717, 1.165) is 17.0 Å². The molecule has 3 nitrogen and oxygen atoms in total. The van der Waals surface area contributed by atoms with Crippen LogP contribution in [-0.4, -0.2) is 35.6 Å². The molecule has 1 aromatic rings. The van der Waals surface area contributed by atoms with Crippen LogP contribution in [0.3, 0.4) is 0 Å². The van der Waals surface area contributed by atoms with E-state index in [1.54, 1.807) is 12.4 Å². The van der Waals surface area contributed by atoms with Crippen LogP contribution in [0, 0.1) is 0 Å². The van der Waals surface area contributed by atoms with Crippen LogP contribution in [0.4, 0.5) is 0 Å². The van der Waals surface area contributed by atoms with Crippen molar-refractivity contribution >= 4 is 11.6 Å². The lowest BCUT2D eigenvalue weighted by atomic mass is 9.74. The molecular weight excluding hydrogens is 258 g/mol. The fraction of sp³-hybridized carbons (Fsp3) is 0.667. The minimum atomic E-state index is 0.114. The van der Waals surface area contributed by atoms with Gasteiger partial charge in [0.05, 0.1) is 5.02 Å². The summed E-state index contributed by atoms with van der Waals surface area (Å²) in [7, 11) is 4.30. The molecule has 1 aliphatic carbocycles. The number of likely N-dealkylation sites (N-methyl/N-ethyl adjacent to an activating group) is 1. The molecule has 1 aromatic heterocycles. The molecule has 0 aromatic carbocycles. The Morgan fingerprint density at radius 3 is 2.63 bits per heavy atom. The Morgan fingerprint density at radius 2 is 2.05 bits per heavy atom. The van der Waals surface area contributed by atoms with E-state index in [2.05, 4.69) is 24.0 Å². The topological polar surface area (TPSA) is 42.1 Å². The van der Waals surface area contributed by atoms with Crippen molar-refractivity contribution in [2.45, 2.75) is 50.1 Å². The third kappa shape index (κ3) is 3.10. The van der Waals surface area contributed by atoms with Crippen molar-refractivity contribution in [1.29, 1.82) is 0 Å². The van der Waals surface area contributed by atoms with Gasteiger partial charge in [0.25, 0.3) is 0 Å². The second-order valence-electron chi connectivity index (χ2n) is 5.84. The molecule has 1 heterocycles. The summed E-state index contributed by atoms with van der Waals surface area (Å²) in [6.45, 7) is 0. The van der Waals surface area contributed by atoms with E-state index < -0.39 is 0 Å². The molecule has 2 rings (SSSR count). The van der Waals surface area contributed by atoms with Gasteiger partial charge in [-0.05, 0) is 45.0 Å². The quantitative estimate of drug-likeness (QED) is 0.923. The Hall–Kier alpha value is -0.640. The summed E-state index contributed by atoms with van der Waals surface area (Å²) in [6, 6.07) is 2.09. The lowest BCUT2D eigenvalue weighted by Crippen LogP contribution is -2.59. The molecule has 0 radical (unpaired) electrons. The van der Waals surface area contributed by atoms with E-state index in [-0.39, 0.29) is 11.6 Å². The SMILES string of the molecule is CN(C)C1(C(N)Cc2ccncc2Cl)CCCCC1. The van der Waals surface area contributed by atoms with E-state index >= 15 is 0 Å². The molecule has 0 spiro atoms. The standard InChI is InChI=1S/C15H24ClN3/c1-19(2)15(7-4-3-5-8-15)14(17)10-12-6-9-18-11-13(12)16/h6,9,11,14H,3-5,7-8,10,17H2,1-2H3. The van der Waals surface area contributed by atoms with Crippen LogP contribution < -0.4 is 5.73 Å². The van der Waals surface area contributed by atoms with E-state index in [1.807, 2.05) is 6.07 Å². The summed E-state index contributed by atoms with van der Waals surface area (Å²) in [6.07, 6.45) is 10.6. The second-order valence-corrected chi connectivity index (χ2v) is 6.24. The first kappa shape index (κ1) is 14.8. The van der Waals surface area contributed by atoms with Crippen molar-refractivity contribution in [3.05, 3.63) is 29.0 Å². The highest BCUT2D eigenvalue weighted by Gasteiger charge is 2.39. The molecule has 2 N–H and O–H groups in total. The largest absolute Gasteiger partial charge is 0.326 e. The van der Waals surface area contributed by atoms with E-state index in [0.29, 0.717) is 0 Å². The predicted octanol–water partition coefficient (Wildman–Crippen LogP) is 2.87. The fourth-order valence-electron chi connectivity index (χ4n) is 3.31. The van der Waals surface area contributed by atoms with Crippen LogP contribution in [0.5, 0.6) is 0 Å². The van der Waals surface area contributed by atoms with Crippen molar-refractivity contribution in [2.75, 3.05) is 14.1 Å². The lowest BCUT2D eigenvalue weighted by molar-refractivity contribution is 0.0716. The molecule has 0 bridgehead atoms. The number of nitrogens with zero attached hydrogens (tertiary/aromatic N) is 2. The normalized spacial score (nSPS) is 20.5. The average Bonchev–Trinajstić information content (AvgIpc) is 2.42. The van der Waals surface area contributed by atoms with E-state index in [4.69, 9.17) is 17.3 Å². The van der Waals surface area contributed by atoms with E-state index in [9.17, 15) is 0 Å². The highest BCUT2D eigenvalue weighted by molar-refractivity contribution is 6.31. The van der Waals surface area contributed by atoms with Crippen LogP contribution in [0.1, 0.15) is 37.7 Å². The van der Waals surface area contributed by atoms with Crippen LogP contribution in [-0.2, 0) is 6.42 Å². The lowest BCUT2D eigenvalue weighted by Gasteiger charge is -2.47. The predicted molar refractivity (Wildman–Crippen MR) is 80.4 cm³/mol. The Bertz CT molecular complexity index is 414.